The lowest BCUT2D eigenvalue weighted by molar-refractivity contribution is -0.139. The lowest BCUT2D eigenvalue weighted by Crippen LogP contribution is -2.18. The van der Waals surface area contributed by atoms with Gasteiger partial charge < -0.3 is 9.84 Å². The number of ether oxygens (including phenoxy) is 1. The quantitative estimate of drug-likeness (QED) is 0.589. The lowest BCUT2D eigenvalue weighted by atomic mass is 10.2. The molecule has 0 unspecified atom stereocenters. The van der Waals surface area contributed by atoms with E-state index in [0.717, 1.165) is 0 Å². The first kappa shape index (κ1) is 16.5. The normalized spacial score (nSPS) is 11.3. The number of nitrogens with one attached hydrogen (secondary N) is 1. The molecule has 2 aromatic rings. The molecule has 2 N–H and O–H groups in total. The molecule has 0 fully saturated rings. The molecule has 0 atom stereocenters. The van der Waals surface area contributed by atoms with E-state index in [4.69, 9.17) is 9.84 Å². The van der Waals surface area contributed by atoms with E-state index in [9.17, 15) is 13.2 Å². The third-order valence-electron chi connectivity index (χ3n) is 2.70. The Hall–Kier alpha value is -2.87. The first-order valence-corrected chi connectivity index (χ1v) is 8.01. The van der Waals surface area contributed by atoms with Crippen molar-refractivity contribution in [3.8, 4) is 5.75 Å². The molecule has 0 heterocycles. The van der Waals surface area contributed by atoms with Crippen LogP contribution in [0.1, 0.15) is 5.56 Å². The summed E-state index contributed by atoms with van der Waals surface area (Å²) in [6.07, 6.45) is 1.25. The van der Waals surface area contributed by atoms with Crippen molar-refractivity contribution >= 4 is 22.2 Å². The third kappa shape index (κ3) is 4.82. The van der Waals surface area contributed by atoms with Crippen LogP contribution in [0, 0.1) is 0 Å². The van der Waals surface area contributed by atoms with Gasteiger partial charge in [-0.25, -0.2) is 9.63 Å². The number of nitrogens with zero attached hydrogens (tertiary/aromatic N) is 1. The molecule has 0 bridgehead atoms. The standard InChI is InChI=1S/C15H14N2O5S/c18-15(19)11-22-14-9-5-4-6-12(14)10-16-17-23(20,21)13-7-2-1-3-8-13/h1-10,17H,11H2,(H,18,19). The van der Waals surface area contributed by atoms with E-state index in [-0.39, 0.29) is 10.6 Å². The Morgan fingerprint density at radius 2 is 1.78 bits per heavy atom. The summed E-state index contributed by atoms with van der Waals surface area (Å²) in [5.74, 6) is -0.820. The average molecular weight is 334 g/mol. The molecule has 2 aromatic carbocycles. The van der Waals surface area contributed by atoms with Crippen LogP contribution in [0.3, 0.4) is 0 Å². The zero-order valence-corrected chi connectivity index (χ0v) is 12.7. The van der Waals surface area contributed by atoms with Crippen LogP contribution in [0.2, 0.25) is 0 Å². The molecule has 23 heavy (non-hydrogen) atoms. The number of para-hydroxylation sites is 1. The minimum Gasteiger partial charge on any atom is -0.481 e. The molecular weight excluding hydrogens is 320 g/mol. The van der Waals surface area contributed by atoms with Crippen molar-refractivity contribution in [3.05, 3.63) is 60.2 Å². The van der Waals surface area contributed by atoms with E-state index in [2.05, 4.69) is 9.93 Å². The first-order chi connectivity index (χ1) is 11.0. The fourth-order valence-electron chi connectivity index (χ4n) is 1.68. The number of carboxylic acids is 1. The van der Waals surface area contributed by atoms with Crippen molar-refractivity contribution in [1.82, 2.24) is 4.83 Å². The van der Waals surface area contributed by atoms with Crippen molar-refractivity contribution in [3.63, 3.8) is 0 Å². The van der Waals surface area contributed by atoms with Crippen molar-refractivity contribution in [2.24, 2.45) is 5.10 Å². The van der Waals surface area contributed by atoms with Gasteiger partial charge >= 0.3 is 5.97 Å². The van der Waals surface area contributed by atoms with Crippen LogP contribution < -0.4 is 9.57 Å². The van der Waals surface area contributed by atoms with E-state index < -0.39 is 22.6 Å². The number of hydrogen-bond donors (Lipinski definition) is 2. The van der Waals surface area contributed by atoms with Gasteiger partial charge in [-0.15, -0.1) is 0 Å². The number of benzene rings is 2. The summed E-state index contributed by atoms with van der Waals surface area (Å²) in [6.45, 7) is -0.499. The monoisotopic (exact) mass is 334 g/mol. The molecule has 0 aliphatic rings. The summed E-state index contributed by atoms with van der Waals surface area (Å²) in [5.41, 5.74) is 0.449. The van der Waals surface area contributed by atoms with Crippen LogP contribution >= 0.6 is 0 Å². The molecular formula is C15H14N2O5S. The molecule has 0 spiro atoms. The number of sulfonamides is 1. The smallest absolute Gasteiger partial charge is 0.341 e. The van der Waals surface area contributed by atoms with Gasteiger partial charge in [0.2, 0.25) is 0 Å². The number of rotatable bonds is 7. The van der Waals surface area contributed by atoms with Crippen LogP contribution in [0.5, 0.6) is 5.75 Å². The maximum Gasteiger partial charge on any atom is 0.341 e. The summed E-state index contributed by atoms with van der Waals surface area (Å²) < 4.78 is 29.1. The Balaban J connectivity index is 2.10. The van der Waals surface area contributed by atoms with Gasteiger partial charge in [0.1, 0.15) is 5.75 Å². The Bertz CT molecular complexity index is 804. The van der Waals surface area contributed by atoms with Crippen molar-refractivity contribution in [2.45, 2.75) is 4.90 Å². The molecule has 0 aliphatic carbocycles. The van der Waals surface area contributed by atoms with Crippen LogP contribution in [-0.2, 0) is 14.8 Å². The minimum atomic E-state index is -3.75. The van der Waals surface area contributed by atoms with Gasteiger partial charge in [-0.2, -0.15) is 13.5 Å². The van der Waals surface area contributed by atoms with E-state index in [1.54, 1.807) is 42.5 Å². The summed E-state index contributed by atoms with van der Waals surface area (Å²) >= 11 is 0. The first-order valence-electron chi connectivity index (χ1n) is 6.52. The van der Waals surface area contributed by atoms with E-state index in [1.807, 2.05) is 0 Å². The van der Waals surface area contributed by atoms with Gasteiger partial charge in [-0.05, 0) is 24.3 Å². The van der Waals surface area contributed by atoms with E-state index >= 15 is 0 Å². The number of aliphatic carboxylic acids is 1. The topological polar surface area (TPSA) is 105 Å². The second-order valence-electron chi connectivity index (χ2n) is 4.39. The fourth-order valence-corrected chi connectivity index (χ4v) is 2.49. The highest BCUT2D eigenvalue weighted by Crippen LogP contribution is 2.15. The van der Waals surface area contributed by atoms with Gasteiger partial charge in [0.25, 0.3) is 10.0 Å². The molecule has 120 valence electrons. The highest BCUT2D eigenvalue weighted by Gasteiger charge is 2.11. The van der Waals surface area contributed by atoms with Gasteiger partial charge in [0.05, 0.1) is 11.1 Å². The largest absolute Gasteiger partial charge is 0.481 e. The Labute approximate surface area is 133 Å². The maximum atomic E-state index is 12.0. The van der Waals surface area contributed by atoms with Gasteiger partial charge in [0.15, 0.2) is 6.61 Å². The number of hydrazone groups is 1. The third-order valence-corrected chi connectivity index (χ3v) is 3.94. The molecule has 0 saturated carbocycles. The Morgan fingerprint density at radius 3 is 2.48 bits per heavy atom. The molecule has 0 radical (unpaired) electrons. The van der Waals surface area contributed by atoms with Crippen LogP contribution in [-0.4, -0.2) is 32.3 Å². The van der Waals surface area contributed by atoms with Gasteiger partial charge in [-0.1, -0.05) is 30.3 Å². The minimum absolute atomic E-state index is 0.0903. The van der Waals surface area contributed by atoms with Crippen molar-refractivity contribution < 1.29 is 23.1 Å². The number of carboxylic acid groups (broad SMARTS) is 1. The molecule has 0 saturated heterocycles. The van der Waals surface area contributed by atoms with E-state index in [0.29, 0.717) is 5.56 Å². The molecule has 2 rings (SSSR count). The number of hydrogen-bond acceptors (Lipinski definition) is 5. The zero-order valence-electron chi connectivity index (χ0n) is 11.9. The summed E-state index contributed by atoms with van der Waals surface area (Å²) in [4.78, 5) is 12.7. The zero-order chi connectivity index (χ0) is 16.7. The molecule has 7 nitrogen and oxygen atoms in total. The second kappa shape index (κ2) is 7.41. The summed E-state index contributed by atoms with van der Waals surface area (Å²) in [7, 11) is -3.75. The van der Waals surface area contributed by atoms with Crippen LogP contribution in [0.4, 0.5) is 0 Å². The molecule has 0 aliphatic heterocycles. The van der Waals surface area contributed by atoms with Crippen molar-refractivity contribution in [1.29, 1.82) is 0 Å². The predicted molar refractivity (Wildman–Crippen MR) is 83.9 cm³/mol. The van der Waals surface area contributed by atoms with E-state index in [1.165, 1.54) is 18.3 Å². The SMILES string of the molecule is O=C(O)COc1ccccc1C=NNS(=O)(=O)c1ccccc1. The Morgan fingerprint density at radius 1 is 1.13 bits per heavy atom. The average Bonchev–Trinajstić information content (AvgIpc) is 2.54. The maximum absolute atomic E-state index is 12.0. The number of carbonyl (C=O) groups is 1. The fraction of sp³-hybridized carbons (Fsp3) is 0.0667. The highest BCUT2D eigenvalue weighted by atomic mass is 32.2. The predicted octanol–water partition coefficient (Wildman–Crippen LogP) is 1.46. The van der Waals surface area contributed by atoms with Crippen LogP contribution in [0.15, 0.2) is 64.6 Å². The summed E-state index contributed by atoms with van der Waals surface area (Å²) in [5, 5.41) is 12.3. The molecule has 0 amide bonds. The lowest BCUT2D eigenvalue weighted by Gasteiger charge is -2.06. The molecule has 0 aromatic heterocycles. The highest BCUT2D eigenvalue weighted by molar-refractivity contribution is 7.89. The second-order valence-corrected chi connectivity index (χ2v) is 6.05. The van der Waals surface area contributed by atoms with Crippen molar-refractivity contribution in [2.75, 3.05) is 6.61 Å². The van der Waals surface area contributed by atoms with Gasteiger partial charge in [-0.3, -0.25) is 0 Å². The molecule has 8 heteroatoms. The Kier molecular flexibility index (Phi) is 5.32. The summed E-state index contributed by atoms with van der Waals surface area (Å²) in [6, 6.07) is 14.4. The van der Waals surface area contributed by atoms with Crippen LogP contribution in [0.25, 0.3) is 0 Å². The van der Waals surface area contributed by atoms with Gasteiger partial charge in [0, 0.05) is 5.56 Å².